The van der Waals surface area contributed by atoms with Crippen LogP contribution >= 0.6 is 0 Å². The van der Waals surface area contributed by atoms with Gasteiger partial charge in [-0.15, -0.1) is 0 Å². The largest absolute Gasteiger partial charge is 0.497 e. The summed E-state index contributed by atoms with van der Waals surface area (Å²) in [7, 11) is -0.373. The van der Waals surface area contributed by atoms with Crippen LogP contribution < -0.4 is 64.1 Å². The minimum atomic E-state index is -3.66. The molecule has 0 spiro atoms. The Morgan fingerprint density at radius 2 is 0.911 bits per heavy atom. The Morgan fingerprint density at radius 1 is 0.444 bits per heavy atom. The van der Waals surface area contributed by atoms with Gasteiger partial charge >= 0.3 is 0 Å². The Kier molecular flexibility index (Phi) is 25.6. The summed E-state index contributed by atoms with van der Waals surface area (Å²) >= 11 is 0. The highest BCUT2D eigenvalue weighted by atomic mass is 32.2. The number of ether oxygens (including phenoxy) is 8. The Morgan fingerprint density at radius 3 is 1.42 bits per heavy atom. The molecule has 1 saturated heterocycles. The molecule has 1 atom stereocenters. The molecule has 0 unspecified atom stereocenters. The second kappa shape index (κ2) is 37.6. The fraction of sp³-hybridized carbons (Fsp3) is 0.324. The zero-order chi connectivity index (χ0) is 94.3. The van der Waals surface area contributed by atoms with E-state index in [9.17, 15) is 37.5 Å². The average Bonchev–Trinajstić information content (AvgIpc) is 1.59. The van der Waals surface area contributed by atoms with E-state index in [0.29, 0.717) is 43.4 Å². The predicted molar refractivity (Wildman–Crippen MR) is 535 cm³/mol. The number of aromatic nitrogens is 1. The zero-order valence-electron chi connectivity index (χ0n) is 78.1. The lowest BCUT2D eigenvalue weighted by Gasteiger charge is -2.28. The molecule has 4 aliphatic carbocycles. The quantitative estimate of drug-likeness (QED) is 0.0447. The first-order valence-corrected chi connectivity index (χ1v) is 48.0. The average molecular weight is 1850 g/mol. The fourth-order valence-electron chi connectivity index (χ4n) is 19.7. The molecule has 11 aromatic carbocycles. The van der Waals surface area contributed by atoms with E-state index in [1.54, 1.807) is 45.4 Å². The molecule has 706 valence electrons. The molecule has 4 saturated carbocycles. The third-order valence-electron chi connectivity index (χ3n) is 28.1. The number of nitrogens with one attached hydrogen (secondary N) is 4. The number of methoxy groups -OCH3 is 2. The van der Waals surface area contributed by atoms with E-state index in [1.165, 1.54) is 21.0 Å². The number of sulfonamides is 1. The van der Waals surface area contributed by atoms with Crippen molar-refractivity contribution in [2.24, 2.45) is 0 Å². The number of hydrogen-bond acceptors (Lipinski definition) is 16. The molecule has 0 bridgehead atoms. The maximum absolute atomic E-state index is 13.6. The number of aryl methyl sites for hydroxylation is 4. The molecule has 0 radical (unpaired) electrons. The maximum atomic E-state index is 13.6. The van der Waals surface area contributed by atoms with E-state index < -0.39 is 31.7 Å². The van der Waals surface area contributed by atoms with Gasteiger partial charge in [0.1, 0.15) is 24.7 Å². The molecular formula is C111H125N7O16S. The molecule has 9 aliphatic rings. The summed E-state index contributed by atoms with van der Waals surface area (Å²) in [5.74, 6) is 5.97. The third kappa shape index (κ3) is 18.7. The zero-order valence-corrected chi connectivity index (χ0v) is 78.9. The lowest BCUT2D eigenvalue weighted by Crippen LogP contribution is -2.38. The monoisotopic (exact) mass is 1840 g/mol. The number of amides is 5. The molecule has 5 amide bonds. The lowest BCUT2D eigenvalue weighted by atomic mass is 9.78. The van der Waals surface area contributed by atoms with Gasteiger partial charge in [0.25, 0.3) is 0 Å². The number of carbonyl (C=O) groups is 5. The van der Waals surface area contributed by atoms with E-state index >= 15 is 0 Å². The predicted octanol–water partition coefficient (Wildman–Crippen LogP) is 22.1. The molecule has 135 heavy (non-hydrogen) atoms. The second-order valence-electron chi connectivity index (χ2n) is 37.8. The minimum Gasteiger partial charge on any atom is -0.497 e. The molecule has 6 heterocycles. The Balaban J connectivity index is 0.000000156. The summed E-state index contributed by atoms with van der Waals surface area (Å²) in [4.78, 5) is 67.6. The van der Waals surface area contributed by atoms with E-state index in [4.69, 9.17) is 37.9 Å². The third-order valence-corrected chi connectivity index (χ3v) is 30.1. The Bertz CT molecular complexity index is 6670. The van der Waals surface area contributed by atoms with Gasteiger partial charge in [-0.3, -0.25) is 24.0 Å². The number of aliphatic hydroxyl groups excluding tert-OH is 1. The molecular weight excluding hydrogens is 1720 g/mol. The van der Waals surface area contributed by atoms with Crippen molar-refractivity contribution >= 4 is 68.0 Å². The molecule has 21 rings (SSSR count). The van der Waals surface area contributed by atoms with Crippen LogP contribution in [0.1, 0.15) is 168 Å². The van der Waals surface area contributed by atoms with Gasteiger partial charge in [0.15, 0.2) is 34.5 Å². The van der Waals surface area contributed by atoms with Crippen LogP contribution in [-0.2, 0) is 67.5 Å². The van der Waals surface area contributed by atoms with Crippen LogP contribution in [0.2, 0.25) is 0 Å². The van der Waals surface area contributed by atoms with Crippen LogP contribution in [0.3, 0.4) is 0 Å². The van der Waals surface area contributed by atoms with Crippen molar-refractivity contribution in [3.63, 3.8) is 0 Å². The summed E-state index contributed by atoms with van der Waals surface area (Å²) < 4.78 is 73.8. The summed E-state index contributed by atoms with van der Waals surface area (Å²) in [5, 5.41) is 22.2. The highest BCUT2D eigenvalue weighted by Gasteiger charge is 2.54. The second-order valence-corrected chi connectivity index (χ2v) is 39.7. The topological polar surface area (TPSA) is 273 Å². The Hall–Kier alpha value is -13.7. The van der Waals surface area contributed by atoms with Crippen molar-refractivity contribution in [1.82, 2.24) is 8.87 Å². The first-order chi connectivity index (χ1) is 65.1. The van der Waals surface area contributed by atoms with Crippen LogP contribution in [0.5, 0.6) is 46.0 Å². The van der Waals surface area contributed by atoms with Crippen molar-refractivity contribution in [2.75, 3.05) is 86.9 Å². The fourth-order valence-corrected chi connectivity index (χ4v) is 21.4. The molecule has 12 aromatic rings. The van der Waals surface area contributed by atoms with Crippen LogP contribution in [0.25, 0.3) is 39.1 Å². The lowest BCUT2D eigenvalue weighted by molar-refractivity contribution is -0.121. The van der Waals surface area contributed by atoms with Crippen LogP contribution in [-0.4, -0.2) is 119 Å². The van der Waals surface area contributed by atoms with Gasteiger partial charge in [-0.25, -0.2) is 8.42 Å². The van der Waals surface area contributed by atoms with Gasteiger partial charge in [-0.1, -0.05) is 131 Å². The van der Waals surface area contributed by atoms with Crippen molar-refractivity contribution in [1.29, 1.82) is 0 Å². The van der Waals surface area contributed by atoms with Crippen molar-refractivity contribution in [3.8, 4) is 85.1 Å². The SMILES string of the molecule is CC(=O)N1CCc2cc(-c3cc(NC(=O)C4(c5ccc6c(c5)OCO6)CC4)ccc3C)ccc21.COc1ccc(C2(C(=O)Nc3cccc(-c4ccc(S(=O)(=O)N5CCC[C@@H]5CO)cc4)c3)CCCC2)cc1.COc1ccc(NC(=O)C2(c3ccc4c(c3)OCO4)CC2)cc1-n1c(C)ccc1C.Cc1ccc(NC(=O)C2(c3ccc4c(c3)OCCO4)CC2)cc1-c1ccc(C(C)(C)C)cc1.[HH].[HH].[HH].[HH].[HH]. The van der Waals surface area contributed by atoms with Crippen molar-refractivity contribution in [2.45, 2.75) is 177 Å². The van der Waals surface area contributed by atoms with E-state index in [1.807, 2.05) is 157 Å². The highest BCUT2D eigenvalue weighted by molar-refractivity contribution is 7.89. The van der Waals surface area contributed by atoms with Gasteiger partial charge in [-0.2, -0.15) is 4.31 Å². The van der Waals surface area contributed by atoms with Gasteiger partial charge in [0.05, 0.1) is 53.1 Å². The van der Waals surface area contributed by atoms with Crippen LogP contribution in [0.4, 0.5) is 28.4 Å². The number of fused-ring (bicyclic) bond motifs is 4. The van der Waals surface area contributed by atoms with Gasteiger partial charge in [0, 0.05) is 73.0 Å². The molecule has 24 heteroatoms. The first kappa shape index (κ1) is 91.8. The summed E-state index contributed by atoms with van der Waals surface area (Å²) in [6, 6.07) is 76.3. The van der Waals surface area contributed by atoms with Crippen molar-refractivity contribution < 1.29 is 82.5 Å². The number of aliphatic hydroxyl groups is 1. The summed E-state index contributed by atoms with van der Waals surface area (Å²) in [5.41, 5.74) is 20.1. The van der Waals surface area contributed by atoms with E-state index in [2.05, 4.69) is 135 Å². The molecule has 5 N–H and O–H groups in total. The van der Waals surface area contributed by atoms with Crippen LogP contribution in [0, 0.1) is 27.7 Å². The van der Waals surface area contributed by atoms with E-state index in [0.717, 1.165) is 219 Å². The number of nitrogens with zero attached hydrogens (tertiary/aromatic N) is 3. The summed E-state index contributed by atoms with van der Waals surface area (Å²) in [6.45, 7) is 19.1. The first-order valence-electron chi connectivity index (χ1n) is 46.6. The molecule has 5 aliphatic heterocycles. The van der Waals surface area contributed by atoms with E-state index in [-0.39, 0.29) is 73.2 Å². The smallest absolute Gasteiger partial charge is 0.243 e. The maximum Gasteiger partial charge on any atom is 0.243 e. The number of hydrogen-bond donors (Lipinski definition) is 5. The minimum absolute atomic E-state index is 0. The number of carbonyl (C=O) groups excluding carboxylic acids is 5. The van der Waals surface area contributed by atoms with Crippen molar-refractivity contribution in [3.05, 3.63) is 292 Å². The van der Waals surface area contributed by atoms with Gasteiger partial charge in [-0.05, 0) is 321 Å². The standard InChI is InChI=1S/C30H34N2O5S.C29H31NO3.C28H26N2O4.C24H24N2O4.5H2/c1-37-27-13-11-24(12-14-27)30(17-2-3-18-30)29(34)31-25-7-4-6-23(20-25)22-9-15-28(16-10-22)38(35,36)32-19-5-8-26(32)21-33;1-19-5-11-23(18-24(19)20-6-8-21(9-7-20)28(2,3)4)30-27(31)29(13-14-29)22-10-12-25-26(17-22)33-16-15-32-25;1-17-3-6-22(15-23(17)19-4-7-24-20(13-19)9-12-30(24)18(2)31)29-27(32)28(10-11-28)21-5-8-25-26(14-21)34-16-33-25;1-15-4-5-16(2)26(15)19-13-18(7-9-20(19)28-3)25-23(27)24(10-11-24)17-6-8-21-22(12-17)30-14-29-21;;;;;/h4,6-7,9-16,20,26,33H,2-3,5,8,17-19,21H2,1H3,(H,31,34);5-12,17-18H,13-16H2,1-4H3,(H,30,31);3-8,13-15H,9-12,16H2,1-2H3,(H,29,32);4-9,12-13H,10-11,14H2,1-3H3,(H,25,27);5*1H/t26-;;;;;;;;/m1......../s1. The molecule has 5 fully saturated rings. The van der Waals surface area contributed by atoms with Crippen LogP contribution in [0.15, 0.2) is 241 Å². The van der Waals surface area contributed by atoms with Gasteiger partial charge in [0.2, 0.25) is 53.1 Å². The number of rotatable bonds is 21. The highest BCUT2D eigenvalue weighted by Crippen LogP contribution is 2.55. The summed E-state index contributed by atoms with van der Waals surface area (Å²) in [6.07, 6.45) is 10.8. The number of benzene rings is 11. The molecule has 23 nitrogen and oxygen atoms in total. The Labute approximate surface area is 796 Å². The molecule has 1 aromatic heterocycles. The normalized spacial score (nSPS) is 17.1. The van der Waals surface area contributed by atoms with Gasteiger partial charge < -0.3 is 73.7 Å². The number of anilines is 5.